The fourth-order valence-corrected chi connectivity index (χ4v) is 2.56. The van der Waals surface area contributed by atoms with Crippen LogP contribution in [0.15, 0.2) is 41.1 Å². The van der Waals surface area contributed by atoms with Gasteiger partial charge in [-0.3, -0.25) is 4.79 Å². The lowest BCUT2D eigenvalue weighted by Gasteiger charge is -2.14. The van der Waals surface area contributed by atoms with E-state index >= 15 is 0 Å². The summed E-state index contributed by atoms with van der Waals surface area (Å²) >= 11 is 3.40. The number of aliphatic carboxylic acids is 1. The molecule has 0 bridgehead atoms. The predicted molar refractivity (Wildman–Crippen MR) is 84.3 cm³/mol. The zero-order valence-corrected chi connectivity index (χ0v) is 13.5. The largest absolute Gasteiger partial charge is 0.481 e. The topological polar surface area (TPSA) is 63.1 Å². The van der Waals surface area contributed by atoms with Crippen LogP contribution in [0, 0.1) is 0 Å². The molecule has 1 heterocycles. The number of benzene rings is 1. The van der Waals surface area contributed by atoms with Crippen LogP contribution in [0.4, 0.5) is 0 Å². The maximum absolute atomic E-state index is 11.6. The van der Waals surface area contributed by atoms with Gasteiger partial charge in [0.2, 0.25) is 0 Å². The van der Waals surface area contributed by atoms with E-state index < -0.39 is 11.9 Å². The third-order valence-corrected chi connectivity index (χ3v) is 3.78. The Bertz CT molecular complexity index is 644. The van der Waals surface area contributed by atoms with Gasteiger partial charge < -0.3 is 5.11 Å². The lowest BCUT2D eigenvalue weighted by Crippen LogP contribution is -2.16. The standard InChI is InChI=1S/C16H17BrN2O2/c1-10(2)14-8-15(19-9-18-14)13(16(20)21)7-11-4-3-5-12(17)6-11/h3-6,8-10,13H,7H2,1-2H3,(H,20,21). The molecule has 1 aromatic heterocycles. The zero-order valence-electron chi connectivity index (χ0n) is 12.0. The Morgan fingerprint density at radius 1 is 1.24 bits per heavy atom. The molecule has 2 rings (SSSR count). The molecule has 0 spiro atoms. The highest BCUT2D eigenvalue weighted by atomic mass is 79.9. The lowest BCUT2D eigenvalue weighted by atomic mass is 9.95. The van der Waals surface area contributed by atoms with E-state index in [1.165, 1.54) is 6.33 Å². The maximum atomic E-state index is 11.6. The summed E-state index contributed by atoms with van der Waals surface area (Å²) in [5.74, 6) is -1.30. The second kappa shape index (κ2) is 6.80. The van der Waals surface area contributed by atoms with E-state index in [-0.39, 0.29) is 5.92 Å². The van der Waals surface area contributed by atoms with Crippen molar-refractivity contribution >= 4 is 21.9 Å². The summed E-state index contributed by atoms with van der Waals surface area (Å²) in [6.45, 7) is 4.05. The van der Waals surface area contributed by atoms with Crippen molar-refractivity contribution in [2.24, 2.45) is 0 Å². The SMILES string of the molecule is CC(C)c1cc(C(Cc2cccc(Br)c2)C(=O)O)ncn1. The number of nitrogens with zero attached hydrogens (tertiary/aromatic N) is 2. The fraction of sp³-hybridized carbons (Fsp3) is 0.312. The van der Waals surface area contributed by atoms with Gasteiger partial charge in [-0.15, -0.1) is 0 Å². The molecule has 0 radical (unpaired) electrons. The maximum Gasteiger partial charge on any atom is 0.312 e. The van der Waals surface area contributed by atoms with Gasteiger partial charge in [0.15, 0.2) is 0 Å². The highest BCUT2D eigenvalue weighted by molar-refractivity contribution is 9.10. The van der Waals surface area contributed by atoms with Crippen LogP contribution in [-0.4, -0.2) is 21.0 Å². The Morgan fingerprint density at radius 3 is 2.57 bits per heavy atom. The van der Waals surface area contributed by atoms with Crippen LogP contribution in [0.3, 0.4) is 0 Å². The second-order valence-electron chi connectivity index (χ2n) is 5.25. The first-order valence-electron chi connectivity index (χ1n) is 6.76. The molecule has 1 atom stereocenters. The van der Waals surface area contributed by atoms with Gasteiger partial charge in [-0.05, 0) is 36.1 Å². The molecular weight excluding hydrogens is 332 g/mol. The first-order chi connectivity index (χ1) is 9.97. The summed E-state index contributed by atoms with van der Waals surface area (Å²) in [6, 6.07) is 9.46. The molecule has 2 aromatic rings. The quantitative estimate of drug-likeness (QED) is 0.893. The Labute approximate surface area is 132 Å². The molecule has 21 heavy (non-hydrogen) atoms. The van der Waals surface area contributed by atoms with Crippen molar-refractivity contribution in [2.45, 2.75) is 32.1 Å². The minimum Gasteiger partial charge on any atom is -0.481 e. The molecule has 0 saturated heterocycles. The number of carboxylic acids is 1. The molecule has 0 amide bonds. The molecule has 0 aliphatic heterocycles. The van der Waals surface area contributed by atoms with Gasteiger partial charge in [-0.2, -0.15) is 0 Å². The van der Waals surface area contributed by atoms with E-state index in [0.717, 1.165) is 15.7 Å². The normalized spacial score (nSPS) is 12.4. The van der Waals surface area contributed by atoms with Gasteiger partial charge >= 0.3 is 5.97 Å². The van der Waals surface area contributed by atoms with E-state index in [4.69, 9.17) is 0 Å². The highest BCUT2D eigenvalue weighted by Gasteiger charge is 2.22. The molecule has 0 fully saturated rings. The minimum absolute atomic E-state index is 0.243. The van der Waals surface area contributed by atoms with Crippen LogP contribution in [-0.2, 0) is 11.2 Å². The van der Waals surface area contributed by atoms with E-state index in [2.05, 4.69) is 25.9 Å². The summed E-state index contributed by atoms with van der Waals surface area (Å²) in [5.41, 5.74) is 2.38. The summed E-state index contributed by atoms with van der Waals surface area (Å²) in [6.07, 6.45) is 1.85. The molecule has 110 valence electrons. The van der Waals surface area contributed by atoms with Crippen LogP contribution < -0.4 is 0 Å². The summed E-state index contributed by atoms with van der Waals surface area (Å²) in [7, 11) is 0. The van der Waals surface area contributed by atoms with Gasteiger partial charge in [0.1, 0.15) is 12.2 Å². The lowest BCUT2D eigenvalue weighted by molar-refractivity contribution is -0.138. The summed E-state index contributed by atoms with van der Waals surface area (Å²) in [4.78, 5) is 19.9. The Kier molecular flexibility index (Phi) is 5.07. The number of carbonyl (C=O) groups is 1. The number of aromatic nitrogens is 2. The molecule has 1 N–H and O–H groups in total. The Hall–Kier alpha value is -1.75. The number of hydrogen-bond donors (Lipinski definition) is 1. The second-order valence-corrected chi connectivity index (χ2v) is 6.16. The van der Waals surface area contributed by atoms with Gasteiger partial charge in [0.05, 0.1) is 5.69 Å². The van der Waals surface area contributed by atoms with E-state index in [1.54, 1.807) is 6.07 Å². The summed E-state index contributed by atoms with van der Waals surface area (Å²) < 4.78 is 0.940. The molecular formula is C16H17BrN2O2. The minimum atomic E-state index is -0.872. The number of carboxylic acid groups (broad SMARTS) is 1. The third-order valence-electron chi connectivity index (χ3n) is 3.28. The first kappa shape index (κ1) is 15.6. The van der Waals surface area contributed by atoms with Crippen molar-refractivity contribution < 1.29 is 9.90 Å². The van der Waals surface area contributed by atoms with Crippen molar-refractivity contribution in [3.8, 4) is 0 Å². The molecule has 5 heteroatoms. The van der Waals surface area contributed by atoms with Gasteiger partial charge in [-0.25, -0.2) is 9.97 Å². The zero-order chi connectivity index (χ0) is 15.4. The molecule has 1 unspecified atom stereocenters. The first-order valence-corrected chi connectivity index (χ1v) is 7.55. The fourth-order valence-electron chi connectivity index (χ4n) is 2.11. The van der Waals surface area contributed by atoms with Crippen molar-refractivity contribution in [2.75, 3.05) is 0 Å². The van der Waals surface area contributed by atoms with Crippen molar-refractivity contribution in [1.29, 1.82) is 0 Å². The smallest absolute Gasteiger partial charge is 0.312 e. The van der Waals surface area contributed by atoms with Gasteiger partial charge in [0, 0.05) is 10.2 Å². The van der Waals surface area contributed by atoms with Crippen LogP contribution in [0.25, 0.3) is 0 Å². The molecule has 0 aliphatic carbocycles. The van der Waals surface area contributed by atoms with Crippen molar-refractivity contribution in [3.05, 3.63) is 58.1 Å². The summed E-state index contributed by atoms with van der Waals surface area (Å²) in [5, 5.41) is 9.51. The molecule has 4 nitrogen and oxygen atoms in total. The monoisotopic (exact) mass is 348 g/mol. The van der Waals surface area contributed by atoms with E-state index in [0.29, 0.717) is 12.1 Å². The average molecular weight is 349 g/mol. The van der Waals surface area contributed by atoms with Crippen LogP contribution in [0.5, 0.6) is 0 Å². The Balaban J connectivity index is 2.31. The number of halogens is 1. The van der Waals surface area contributed by atoms with E-state index in [9.17, 15) is 9.90 Å². The molecule has 0 saturated carbocycles. The molecule has 0 aliphatic rings. The van der Waals surface area contributed by atoms with Crippen LogP contribution in [0.1, 0.15) is 42.6 Å². The van der Waals surface area contributed by atoms with Crippen molar-refractivity contribution in [1.82, 2.24) is 9.97 Å². The van der Waals surface area contributed by atoms with Crippen molar-refractivity contribution in [3.63, 3.8) is 0 Å². The third kappa shape index (κ3) is 4.11. The predicted octanol–water partition coefficient (Wildman–Crippen LogP) is 3.77. The average Bonchev–Trinajstić information content (AvgIpc) is 2.44. The van der Waals surface area contributed by atoms with Crippen LogP contribution in [0.2, 0.25) is 0 Å². The van der Waals surface area contributed by atoms with Gasteiger partial charge in [-0.1, -0.05) is 41.9 Å². The van der Waals surface area contributed by atoms with E-state index in [1.807, 2.05) is 38.1 Å². The molecule has 1 aromatic carbocycles. The van der Waals surface area contributed by atoms with Crippen LogP contribution >= 0.6 is 15.9 Å². The number of rotatable bonds is 5. The Morgan fingerprint density at radius 2 is 1.95 bits per heavy atom. The van der Waals surface area contributed by atoms with Gasteiger partial charge in [0.25, 0.3) is 0 Å². The number of hydrogen-bond acceptors (Lipinski definition) is 3. The highest BCUT2D eigenvalue weighted by Crippen LogP contribution is 2.23.